The fourth-order valence-electron chi connectivity index (χ4n) is 3.05. The predicted molar refractivity (Wildman–Crippen MR) is 79.6 cm³/mol. The minimum Gasteiger partial charge on any atom is -0.310 e. The first-order chi connectivity index (χ1) is 9.42. The molecule has 0 unspecified atom stereocenters. The molecule has 0 N–H and O–H groups in total. The summed E-state index contributed by atoms with van der Waals surface area (Å²) in [5.74, 6) is 4.77. The van der Waals surface area contributed by atoms with Crippen LogP contribution in [0.3, 0.4) is 0 Å². The van der Waals surface area contributed by atoms with Crippen molar-refractivity contribution in [3.05, 3.63) is 24.2 Å². The van der Waals surface area contributed by atoms with Gasteiger partial charge in [0.15, 0.2) is 5.65 Å². The third kappa shape index (κ3) is 2.27. The van der Waals surface area contributed by atoms with E-state index in [2.05, 4.69) is 27.4 Å². The first-order valence-corrected chi connectivity index (χ1v) is 8.47. The van der Waals surface area contributed by atoms with Gasteiger partial charge in [0.25, 0.3) is 0 Å². The Bertz CT molecular complexity index is 582. The Morgan fingerprint density at radius 2 is 2.05 bits per heavy atom. The molecular weight excluding hydrogens is 254 g/mol. The van der Waals surface area contributed by atoms with Gasteiger partial charge in [0.2, 0.25) is 0 Å². The number of hydrogen-bond donors (Lipinski definition) is 0. The molecule has 100 valence electrons. The van der Waals surface area contributed by atoms with E-state index in [1.165, 1.54) is 43.0 Å². The maximum atomic E-state index is 4.86. The molecule has 0 bridgehead atoms. The summed E-state index contributed by atoms with van der Waals surface area (Å²) in [6.45, 7) is 0. The average Bonchev–Trinajstić information content (AvgIpc) is 3.21. The molecule has 2 aromatic rings. The molecule has 0 aromatic carbocycles. The Hall–Kier alpha value is -1.03. The van der Waals surface area contributed by atoms with Crippen molar-refractivity contribution < 1.29 is 0 Å². The third-order valence-corrected chi connectivity index (χ3v) is 5.29. The van der Waals surface area contributed by atoms with E-state index in [1.807, 2.05) is 12.3 Å². The number of imidazole rings is 1. The summed E-state index contributed by atoms with van der Waals surface area (Å²) in [4.78, 5) is 9.41. The first kappa shape index (κ1) is 11.8. The standard InChI is InChI=1S/C15H19N3S/c1-2-13-15(16-7-1)18(12-3-4-12)14(17-13)10-11-5-8-19-9-6-11/h1-2,7,11-12H,3-6,8-10H2. The maximum absolute atomic E-state index is 4.86. The molecule has 1 aliphatic heterocycles. The monoisotopic (exact) mass is 273 g/mol. The second kappa shape index (κ2) is 4.82. The Morgan fingerprint density at radius 1 is 1.21 bits per heavy atom. The van der Waals surface area contributed by atoms with Crippen molar-refractivity contribution in [1.29, 1.82) is 0 Å². The molecule has 2 aliphatic rings. The summed E-state index contributed by atoms with van der Waals surface area (Å²) in [5, 5.41) is 0. The van der Waals surface area contributed by atoms with Gasteiger partial charge >= 0.3 is 0 Å². The zero-order valence-electron chi connectivity index (χ0n) is 11.1. The summed E-state index contributed by atoms with van der Waals surface area (Å²) < 4.78 is 2.43. The van der Waals surface area contributed by atoms with Crippen molar-refractivity contribution in [1.82, 2.24) is 14.5 Å². The summed E-state index contributed by atoms with van der Waals surface area (Å²) in [7, 11) is 0. The number of thioether (sulfide) groups is 1. The van der Waals surface area contributed by atoms with Gasteiger partial charge in [0, 0.05) is 18.7 Å². The van der Waals surface area contributed by atoms with E-state index >= 15 is 0 Å². The van der Waals surface area contributed by atoms with E-state index in [1.54, 1.807) is 0 Å². The minimum atomic E-state index is 0.674. The summed E-state index contributed by atoms with van der Waals surface area (Å²) in [5.41, 5.74) is 2.18. The zero-order valence-corrected chi connectivity index (χ0v) is 11.9. The van der Waals surface area contributed by atoms with Crippen LogP contribution >= 0.6 is 11.8 Å². The normalized spacial score (nSPS) is 21.1. The number of hydrogen-bond acceptors (Lipinski definition) is 3. The molecular formula is C15H19N3S. The molecule has 3 nitrogen and oxygen atoms in total. The van der Waals surface area contributed by atoms with Crippen LogP contribution in [0.4, 0.5) is 0 Å². The lowest BCUT2D eigenvalue weighted by Gasteiger charge is -2.21. The molecule has 4 rings (SSSR count). The lowest BCUT2D eigenvalue weighted by Crippen LogP contribution is -2.15. The van der Waals surface area contributed by atoms with Crippen molar-refractivity contribution in [3.8, 4) is 0 Å². The number of nitrogens with zero attached hydrogens (tertiary/aromatic N) is 3. The van der Waals surface area contributed by atoms with Crippen LogP contribution in [0, 0.1) is 5.92 Å². The highest BCUT2D eigenvalue weighted by Crippen LogP contribution is 2.39. The van der Waals surface area contributed by atoms with Crippen molar-refractivity contribution in [3.63, 3.8) is 0 Å². The molecule has 2 fully saturated rings. The molecule has 0 amide bonds. The third-order valence-electron chi connectivity index (χ3n) is 4.25. The van der Waals surface area contributed by atoms with E-state index < -0.39 is 0 Å². The Kier molecular flexibility index (Phi) is 2.98. The SMILES string of the molecule is c1cnc2c(c1)nc(CC1CCSCC1)n2C1CC1. The predicted octanol–water partition coefficient (Wildman–Crippen LogP) is 3.45. The van der Waals surface area contributed by atoms with Gasteiger partial charge in [-0.2, -0.15) is 11.8 Å². The van der Waals surface area contributed by atoms with E-state index in [4.69, 9.17) is 4.98 Å². The largest absolute Gasteiger partial charge is 0.310 e. The minimum absolute atomic E-state index is 0.674. The van der Waals surface area contributed by atoms with Gasteiger partial charge in [0.1, 0.15) is 11.3 Å². The average molecular weight is 273 g/mol. The van der Waals surface area contributed by atoms with Gasteiger partial charge in [-0.1, -0.05) is 0 Å². The van der Waals surface area contributed by atoms with Crippen molar-refractivity contribution >= 4 is 22.9 Å². The van der Waals surface area contributed by atoms with Crippen LogP contribution in [0.5, 0.6) is 0 Å². The summed E-state index contributed by atoms with van der Waals surface area (Å²) >= 11 is 2.10. The Morgan fingerprint density at radius 3 is 2.84 bits per heavy atom. The Labute approximate surface area is 117 Å². The second-order valence-corrected chi connectivity index (χ2v) is 6.96. The fraction of sp³-hybridized carbons (Fsp3) is 0.600. The first-order valence-electron chi connectivity index (χ1n) is 7.31. The Balaban J connectivity index is 1.69. The van der Waals surface area contributed by atoms with Gasteiger partial charge in [-0.25, -0.2) is 9.97 Å². The lowest BCUT2D eigenvalue weighted by atomic mass is 9.98. The molecule has 3 heterocycles. The summed E-state index contributed by atoms with van der Waals surface area (Å²) in [6.07, 6.45) is 8.35. The molecule has 1 aliphatic carbocycles. The number of rotatable bonds is 3. The smallest absolute Gasteiger partial charge is 0.160 e. The topological polar surface area (TPSA) is 30.7 Å². The lowest BCUT2D eigenvalue weighted by molar-refractivity contribution is 0.465. The van der Waals surface area contributed by atoms with E-state index in [0.29, 0.717) is 6.04 Å². The molecule has 0 radical (unpaired) electrons. The number of aromatic nitrogens is 3. The van der Waals surface area contributed by atoms with Crippen molar-refractivity contribution in [2.45, 2.75) is 38.1 Å². The fourth-order valence-corrected chi connectivity index (χ4v) is 4.25. The number of pyridine rings is 1. The van der Waals surface area contributed by atoms with Gasteiger partial charge < -0.3 is 4.57 Å². The maximum Gasteiger partial charge on any atom is 0.160 e. The van der Waals surface area contributed by atoms with Crippen LogP contribution in [-0.2, 0) is 6.42 Å². The van der Waals surface area contributed by atoms with Crippen LogP contribution in [0.2, 0.25) is 0 Å². The van der Waals surface area contributed by atoms with Crippen LogP contribution in [0.15, 0.2) is 18.3 Å². The van der Waals surface area contributed by atoms with Crippen LogP contribution in [0.1, 0.15) is 37.5 Å². The number of fused-ring (bicyclic) bond motifs is 1. The molecule has 2 aromatic heterocycles. The highest BCUT2D eigenvalue weighted by molar-refractivity contribution is 7.99. The highest BCUT2D eigenvalue weighted by atomic mass is 32.2. The highest BCUT2D eigenvalue weighted by Gasteiger charge is 2.29. The molecule has 4 heteroatoms. The van der Waals surface area contributed by atoms with Crippen LogP contribution in [0.25, 0.3) is 11.2 Å². The molecule has 1 saturated carbocycles. The van der Waals surface area contributed by atoms with E-state index in [9.17, 15) is 0 Å². The van der Waals surface area contributed by atoms with Crippen LogP contribution in [-0.4, -0.2) is 26.0 Å². The van der Waals surface area contributed by atoms with E-state index in [0.717, 1.165) is 23.5 Å². The van der Waals surface area contributed by atoms with Gasteiger partial charge in [0.05, 0.1) is 0 Å². The quantitative estimate of drug-likeness (QED) is 0.858. The van der Waals surface area contributed by atoms with Crippen molar-refractivity contribution in [2.24, 2.45) is 5.92 Å². The summed E-state index contributed by atoms with van der Waals surface area (Å²) in [6, 6.07) is 4.77. The second-order valence-electron chi connectivity index (χ2n) is 5.74. The molecule has 19 heavy (non-hydrogen) atoms. The zero-order chi connectivity index (χ0) is 12.7. The molecule has 0 atom stereocenters. The van der Waals surface area contributed by atoms with E-state index in [-0.39, 0.29) is 0 Å². The molecule has 1 saturated heterocycles. The van der Waals surface area contributed by atoms with Gasteiger partial charge in [-0.3, -0.25) is 0 Å². The van der Waals surface area contributed by atoms with Gasteiger partial charge in [-0.15, -0.1) is 0 Å². The van der Waals surface area contributed by atoms with Gasteiger partial charge in [-0.05, 0) is 55.2 Å². The molecule has 0 spiro atoms. The van der Waals surface area contributed by atoms with Crippen molar-refractivity contribution in [2.75, 3.05) is 11.5 Å². The van der Waals surface area contributed by atoms with Crippen LogP contribution < -0.4 is 0 Å².